The van der Waals surface area contributed by atoms with Crippen molar-refractivity contribution in [3.8, 4) is 0 Å². The first kappa shape index (κ1) is 12.5. The lowest BCUT2D eigenvalue weighted by molar-refractivity contribution is -0.117. The third-order valence-electron chi connectivity index (χ3n) is 3.59. The fraction of sp³-hybridized carbons (Fsp3) is 0.786. The molecular formula is C14H24O. The molecule has 1 nitrogen and oxygen atoms in total. The zero-order valence-electron chi connectivity index (χ0n) is 10.4. The Morgan fingerprint density at radius 1 is 1.27 bits per heavy atom. The lowest BCUT2D eigenvalue weighted by Crippen LogP contribution is -2.28. The highest BCUT2D eigenvalue weighted by Gasteiger charge is 2.34. The van der Waals surface area contributed by atoms with Gasteiger partial charge in [0.05, 0.1) is 0 Å². The van der Waals surface area contributed by atoms with Crippen molar-refractivity contribution in [2.24, 2.45) is 5.41 Å². The normalized spacial score (nSPS) is 18.1. The van der Waals surface area contributed by atoms with Gasteiger partial charge in [0.1, 0.15) is 5.78 Å². The first-order chi connectivity index (χ1) is 7.04. The molecule has 0 N–H and O–H groups in total. The Morgan fingerprint density at radius 2 is 1.93 bits per heavy atom. The van der Waals surface area contributed by atoms with E-state index in [0.717, 1.165) is 12.8 Å². The number of allylic oxidation sites excluding steroid dienone is 2. The second-order valence-corrected chi connectivity index (χ2v) is 5.39. The van der Waals surface area contributed by atoms with Gasteiger partial charge in [-0.2, -0.15) is 0 Å². The molecule has 0 atom stereocenters. The van der Waals surface area contributed by atoms with E-state index in [2.05, 4.69) is 19.9 Å². The first-order valence-electron chi connectivity index (χ1n) is 6.17. The van der Waals surface area contributed by atoms with Crippen LogP contribution in [0.3, 0.4) is 0 Å². The number of carbonyl (C=O) groups is 1. The summed E-state index contributed by atoms with van der Waals surface area (Å²) >= 11 is 0. The molecule has 0 radical (unpaired) electrons. The van der Waals surface area contributed by atoms with Crippen molar-refractivity contribution in [2.75, 3.05) is 0 Å². The van der Waals surface area contributed by atoms with E-state index < -0.39 is 0 Å². The van der Waals surface area contributed by atoms with Gasteiger partial charge in [-0.3, -0.25) is 0 Å². The Morgan fingerprint density at radius 3 is 2.33 bits per heavy atom. The second-order valence-electron chi connectivity index (χ2n) is 5.39. The Bertz CT molecular complexity index is 242. The average Bonchev–Trinajstić information content (AvgIpc) is 2.07. The first-order valence-corrected chi connectivity index (χ1v) is 6.17. The molecule has 0 aromatic heterocycles. The molecule has 0 spiro atoms. The molecule has 86 valence electrons. The van der Waals surface area contributed by atoms with Crippen molar-refractivity contribution in [3.05, 3.63) is 11.6 Å². The molecule has 1 aliphatic carbocycles. The van der Waals surface area contributed by atoms with Crippen LogP contribution in [0.25, 0.3) is 0 Å². The zero-order chi connectivity index (χ0) is 11.3. The molecule has 1 fully saturated rings. The third-order valence-corrected chi connectivity index (χ3v) is 3.59. The molecule has 0 amide bonds. The Balaban J connectivity index is 2.33. The van der Waals surface area contributed by atoms with Crippen molar-refractivity contribution in [1.82, 2.24) is 0 Å². The molecule has 0 aromatic rings. The molecule has 0 unspecified atom stereocenters. The summed E-state index contributed by atoms with van der Waals surface area (Å²) in [6.07, 6.45) is 10.8. The average molecular weight is 208 g/mol. The van der Waals surface area contributed by atoms with Gasteiger partial charge >= 0.3 is 0 Å². The van der Waals surface area contributed by atoms with Crippen LogP contribution in [-0.2, 0) is 4.79 Å². The van der Waals surface area contributed by atoms with Gasteiger partial charge in [0.2, 0.25) is 0 Å². The lowest BCUT2D eigenvalue weighted by Gasteiger charge is -2.42. The maximum absolute atomic E-state index is 10.9. The number of hydrogen-bond acceptors (Lipinski definition) is 1. The van der Waals surface area contributed by atoms with Crippen LogP contribution >= 0.6 is 0 Å². The fourth-order valence-electron chi connectivity index (χ4n) is 2.37. The van der Waals surface area contributed by atoms with E-state index in [1.165, 1.54) is 37.7 Å². The van der Waals surface area contributed by atoms with E-state index in [0.29, 0.717) is 11.2 Å². The maximum Gasteiger partial charge on any atom is 0.129 e. The van der Waals surface area contributed by atoms with E-state index in [9.17, 15) is 4.79 Å². The van der Waals surface area contributed by atoms with Gasteiger partial charge < -0.3 is 4.79 Å². The minimum absolute atomic E-state index is 0.340. The third kappa shape index (κ3) is 4.19. The van der Waals surface area contributed by atoms with Gasteiger partial charge in [-0.15, -0.1) is 0 Å². The van der Waals surface area contributed by atoms with Gasteiger partial charge in [0.25, 0.3) is 0 Å². The molecule has 1 aliphatic rings. The van der Waals surface area contributed by atoms with Crippen LogP contribution in [0, 0.1) is 5.41 Å². The quantitative estimate of drug-likeness (QED) is 0.596. The van der Waals surface area contributed by atoms with E-state index in [1.807, 2.05) is 0 Å². The number of ketones is 1. The van der Waals surface area contributed by atoms with Crippen LogP contribution in [0.4, 0.5) is 0 Å². The number of hydrogen-bond donors (Lipinski definition) is 0. The molecule has 1 rings (SSSR count). The van der Waals surface area contributed by atoms with Gasteiger partial charge in [0.15, 0.2) is 0 Å². The maximum atomic E-state index is 10.9. The summed E-state index contributed by atoms with van der Waals surface area (Å²) in [5.41, 5.74) is 1.99. The van der Waals surface area contributed by atoms with Gasteiger partial charge in [-0.1, -0.05) is 18.1 Å². The van der Waals surface area contributed by atoms with Crippen LogP contribution < -0.4 is 0 Å². The van der Waals surface area contributed by atoms with Crippen LogP contribution in [0.2, 0.25) is 0 Å². The molecule has 0 aliphatic heterocycles. The number of rotatable bonds is 6. The molecule has 0 saturated heterocycles. The van der Waals surface area contributed by atoms with Crippen LogP contribution in [0.15, 0.2) is 11.6 Å². The summed E-state index contributed by atoms with van der Waals surface area (Å²) in [6, 6.07) is 0. The second kappa shape index (κ2) is 5.48. The highest BCUT2D eigenvalue weighted by molar-refractivity contribution is 5.75. The minimum atomic E-state index is 0.340. The summed E-state index contributed by atoms with van der Waals surface area (Å²) in [5.74, 6) is 0.340. The predicted octanol–water partition coefficient (Wildman–Crippen LogP) is 4.27. The summed E-state index contributed by atoms with van der Waals surface area (Å²) in [4.78, 5) is 10.9. The SMILES string of the molecule is CC(=O)CCCC1(CC=C(C)C)CCC1. The zero-order valence-corrected chi connectivity index (χ0v) is 10.4. The molecule has 15 heavy (non-hydrogen) atoms. The topological polar surface area (TPSA) is 17.1 Å². The Hall–Kier alpha value is -0.590. The van der Waals surface area contributed by atoms with E-state index >= 15 is 0 Å². The van der Waals surface area contributed by atoms with Crippen LogP contribution in [0.1, 0.15) is 65.7 Å². The summed E-state index contributed by atoms with van der Waals surface area (Å²) < 4.78 is 0. The van der Waals surface area contributed by atoms with Crippen molar-refractivity contribution >= 4 is 5.78 Å². The van der Waals surface area contributed by atoms with Crippen molar-refractivity contribution in [1.29, 1.82) is 0 Å². The monoisotopic (exact) mass is 208 g/mol. The largest absolute Gasteiger partial charge is 0.300 e. The summed E-state index contributed by atoms with van der Waals surface area (Å²) in [7, 11) is 0. The number of carbonyl (C=O) groups excluding carboxylic acids is 1. The van der Waals surface area contributed by atoms with E-state index in [1.54, 1.807) is 6.92 Å². The van der Waals surface area contributed by atoms with Gasteiger partial charge in [0, 0.05) is 6.42 Å². The molecular weight excluding hydrogens is 184 g/mol. The highest BCUT2D eigenvalue weighted by Crippen LogP contribution is 2.48. The van der Waals surface area contributed by atoms with Gasteiger partial charge in [-0.05, 0) is 58.3 Å². The van der Waals surface area contributed by atoms with E-state index in [-0.39, 0.29) is 0 Å². The molecule has 1 saturated carbocycles. The lowest BCUT2D eigenvalue weighted by atomic mass is 9.64. The smallest absolute Gasteiger partial charge is 0.129 e. The van der Waals surface area contributed by atoms with Crippen molar-refractivity contribution in [2.45, 2.75) is 65.7 Å². The summed E-state index contributed by atoms with van der Waals surface area (Å²) in [6.45, 7) is 6.04. The van der Waals surface area contributed by atoms with Crippen LogP contribution in [0.5, 0.6) is 0 Å². The summed E-state index contributed by atoms with van der Waals surface area (Å²) in [5, 5.41) is 0. The molecule has 1 heteroatoms. The number of Topliss-reactive ketones (excluding diaryl/α,β-unsaturated/α-hetero) is 1. The fourth-order valence-corrected chi connectivity index (χ4v) is 2.37. The van der Waals surface area contributed by atoms with Crippen molar-refractivity contribution < 1.29 is 4.79 Å². The van der Waals surface area contributed by atoms with E-state index in [4.69, 9.17) is 0 Å². The van der Waals surface area contributed by atoms with Gasteiger partial charge in [-0.25, -0.2) is 0 Å². The predicted molar refractivity (Wildman–Crippen MR) is 64.9 cm³/mol. The van der Waals surface area contributed by atoms with Crippen LogP contribution in [-0.4, -0.2) is 5.78 Å². The Kier molecular flexibility index (Phi) is 4.56. The van der Waals surface area contributed by atoms with Crippen molar-refractivity contribution in [3.63, 3.8) is 0 Å². The highest BCUT2D eigenvalue weighted by atomic mass is 16.1. The minimum Gasteiger partial charge on any atom is -0.300 e. The Labute approximate surface area is 93.9 Å². The molecule has 0 bridgehead atoms. The molecule has 0 heterocycles. The molecule has 0 aromatic carbocycles. The standard InChI is InChI=1S/C14H24O/c1-12(2)7-11-14(9-5-10-14)8-4-6-13(3)15/h7H,4-6,8-11H2,1-3H3.